The molecule has 9 nitrogen and oxygen atoms in total. The number of imidazole rings is 1. The second kappa shape index (κ2) is 10.6. The number of aromatic hydroxyl groups is 1. The third-order valence-corrected chi connectivity index (χ3v) is 9.78. The van der Waals surface area contributed by atoms with E-state index in [1.807, 2.05) is 4.57 Å². The average molecular weight is 600 g/mol. The molecule has 5 heterocycles. The van der Waals surface area contributed by atoms with Crippen molar-refractivity contribution in [3.8, 4) is 24.0 Å². The quantitative estimate of drug-likeness (QED) is 0.294. The molecule has 3 saturated heterocycles. The summed E-state index contributed by atoms with van der Waals surface area (Å²) in [4.78, 5) is 19.0. The Kier molecular flexibility index (Phi) is 6.61. The summed E-state index contributed by atoms with van der Waals surface area (Å²) in [5.74, 6) is 3.09. The predicted octanol–water partition coefficient (Wildman–Crippen LogP) is 4.00. The molecule has 2 aromatic carbocycles. The van der Waals surface area contributed by atoms with E-state index in [1.54, 1.807) is 24.5 Å². The molecule has 2 bridgehead atoms. The first kappa shape index (κ1) is 27.5. The molecule has 4 aromatic rings. The van der Waals surface area contributed by atoms with Crippen LogP contribution in [0.3, 0.4) is 0 Å². The van der Waals surface area contributed by atoms with Crippen LogP contribution in [0.2, 0.25) is 0 Å². The largest absolute Gasteiger partial charge is 0.508 e. The number of aromatic nitrogens is 4. The number of phenols is 1. The minimum atomic E-state index is -0.745. The summed E-state index contributed by atoms with van der Waals surface area (Å²) in [6, 6.07) is 6.93. The Morgan fingerprint density at radius 3 is 2.66 bits per heavy atom. The van der Waals surface area contributed by atoms with Gasteiger partial charge in [0.15, 0.2) is 11.2 Å². The Morgan fingerprint density at radius 1 is 1.11 bits per heavy atom. The van der Waals surface area contributed by atoms with Crippen molar-refractivity contribution in [2.75, 3.05) is 44.2 Å². The summed E-state index contributed by atoms with van der Waals surface area (Å²) >= 11 is 0. The molecule has 3 atom stereocenters. The predicted molar refractivity (Wildman–Crippen MR) is 163 cm³/mol. The number of ether oxygens (including phenoxy) is 1. The minimum absolute atomic E-state index is 0.00556. The molecule has 0 radical (unpaired) electrons. The standard InChI is InChI=1S/C33H35F2N7O2/c1-2-26-27(35)6-3-20-11-25(43)12-21(28(20)26)13-42-19-36-29-30(42)38-32(41-15-23-4-5-24(16-41)37-23)39-31(29)44-18-33(8-9-33)17-40-10-7-22(34)14-40/h1,3,6,11-12,19,22-24,37,43H,4-5,7-10,13-18H2/t22-,23-,24+/m1/s1. The molecule has 0 unspecified atom stereocenters. The number of piperazine rings is 1. The van der Waals surface area contributed by atoms with Crippen LogP contribution in [0, 0.1) is 23.6 Å². The van der Waals surface area contributed by atoms with E-state index in [0.29, 0.717) is 71.0 Å². The molecule has 4 fully saturated rings. The number of benzene rings is 2. The number of terminal acetylenes is 1. The van der Waals surface area contributed by atoms with Crippen LogP contribution in [0.15, 0.2) is 30.6 Å². The monoisotopic (exact) mass is 599 g/mol. The molecule has 4 aliphatic rings. The van der Waals surface area contributed by atoms with Crippen LogP contribution in [0.1, 0.15) is 43.2 Å². The molecule has 0 amide bonds. The van der Waals surface area contributed by atoms with Gasteiger partial charge in [0.25, 0.3) is 0 Å². The molecule has 1 saturated carbocycles. The van der Waals surface area contributed by atoms with E-state index < -0.39 is 12.0 Å². The number of fused-ring (bicyclic) bond motifs is 4. The lowest BCUT2D eigenvalue weighted by Gasteiger charge is -2.33. The number of nitrogens with one attached hydrogen (secondary N) is 1. The van der Waals surface area contributed by atoms with Gasteiger partial charge in [-0.25, -0.2) is 13.8 Å². The number of likely N-dealkylation sites (tertiary alicyclic amines) is 1. The van der Waals surface area contributed by atoms with Gasteiger partial charge in [-0.1, -0.05) is 12.0 Å². The fourth-order valence-corrected chi connectivity index (χ4v) is 7.34. The minimum Gasteiger partial charge on any atom is -0.508 e. The van der Waals surface area contributed by atoms with Crippen molar-refractivity contribution in [1.29, 1.82) is 0 Å². The highest BCUT2D eigenvalue weighted by Gasteiger charge is 2.46. The first-order valence-electron chi connectivity index (χ1n) is 15.5. The van der Waals surface area contributed by atoms with Gasteiger partial charge in [0, 0.05) is 55.6 Å². The van der Waals surface area contributed by atoms with Crippen molar-refractivity contribution in [3.05, 3.63) is 47.5 Å². The van der Waals surface area contributed by atoms with Crippen LogP contribution in [0.25, 0.3) is 21.9 Å². The van der Waals surface area contributed by atoms with Gasteiger partial charge < -0.3 is 24.6 Å². The normalized spacial score (nSPS) is 24.3. The highest BCUT2D eigenvalue weighted by Crippen LogP contribution is 2.47. The van der Waals surface area contributed by atoms with Gasteiger partial charge in [-0.3, -0.25) is 4.90 Å². The van der Waals surface area contributed by atoms with Gasteiger partial charge in [-0.05, 0) is 61.3 Å². The third-order valence-electron chi connectivity index (χ3n) is 9.78. The van der Waals surface area contributed by atoms with E-state index in [-0.39, 0.29) is 23.3 Å². The van der Waals surface area contributed by atoms with Crippen LogP contribution in [0.5, 0.6) is 11.6 Å². The van der Waals surface area contributed by atoms with Gasteiger partial charge in [0.1, 0.15) is 17.7 Å². The number of phenolic OH excluding ortho intramolecular Hbond substituents is 1. The number of anilines is 1. The molecule has 2 aromatic heterocycles. The van der Waals surface area contributed by atoms with Crippen molar-refractivity contribution >= 4 is 27.9 Å². The lowest BCUT2D eigenvalue weighted by atomic mass is 9.98. The molecule has 8 rings (SSSR count). The molecule has 1 aliphatic carbocycles. The van der Waals surface area contributed by atoms with Crippen molar-refractivity contribution in [2.45, 2.75) is 56.9 Å². The van der Waals surface area contributed by atoms with Gasteiger partial charge in [0.2, 0.25) is 11.8 Å². The van der Waals surface area contributed by atoms with Crippen LogP contribution in [-0.4, -0.2) is 87.1 Å². The van der Waals surface area contributed by atoms with Crippen LogP contribution in [-0.2, 0) is 6.54 Å². The Hall–Kier alpha value is -4.01. The summed E-state index contributed by atoms with van der Waals surface area (Å²) in [6.45, 7) is 4.45. The number of halogens is 2. The number of hydrogen-bond acceptors (Lipinski definition) is 8. The van der Waals surface area contributed by atoms with E-state index in [4.69, 9.17) is 21.1 Å². The number of rotatable bonds is 8. The Bertz CT molecular complexity index is 1790. The molecule has 0 spiro atoms. The molecule has 2 N–H and O–H groups in total. The van der Waals surface area contributed by atoms with E-state index in [9.17, 15) is 13.9 Å². The summed E-state index contributed by atoms with van der Waals surface area (Å²) in [7, 11) is 0. The van der Waals surface area contributed by atoms with Crippen molar-refractivity contribution in [1.82, 2.24) is 29.7 Å². The number of alkyl halides is 1. The van der Waals surface area contributed by atoms with Gasteiger partial charge in [-0.15, -0.1) is 6.42 Å². The maximum atomic E-state index is 14.8. The van der Waals surface area contributed by atoms with Crippen LogP contribution in [0.4, 0.5) is 14.7 Å². The van der Waals surface area contributed by atoms with Crippen molar-refractivity contribution in [3.63, 3.8) is 0 Å². The van der Waals surface area contributed by atoms with Crippen LogP contribution >= 0.6 is 0 Å². The van der Waals surface area contributed by atoms with E-state index in [2.05, 4.69) is 26.0 Å². The fraction of sp³-hybridized carbons (Fsp3) is 0.485. The van der Waals surface area contributed by atoms with E-state index in [0.717, 1.165) is 51.9 Å². The molecular formula is C33H35F2N7O2. The maximum absolute atomic E-state index is 14.8. The lowest BCUT2D eigenvalue weighted by Crippen LogP contribution is -2.51. The topological polar surface area (TPSA) is 91.6 Å². The van der Waals surface area contributed by atoms with Crippen molar-refractivity contribution in [2.24, 2.45) is 5.41 Å². The Balaban J connectivity index is 1.16. The molecular weight excluding hydrogens is 564 g/mol. The Labute approximate surface area is 254 Å². The molecule has 11 heteroatoms. The lowest BCUT2D eigenvalue weighted by molar-refractivity contribution is 0.170. The zero-order valence-electron chi connectivity index (χ0n) is 24.5. The average Bonchev–Trinajstić information content (AvgIpc) is 3.25. The second-order valence-corrected chi connectivity index (χ2v) is 13.1. The van der Waals surface area contributed by atoms with Gasteiger partial charge in [-0.2, -0.15) is 9.97 Å². The molecule has 44 heavy (non-hydrogen) atoms. The summed E-state index contributed by atoms with van der Waals surface area (Å²) in [6.07, 6.45) is 11.6. The Morgan fingerprint density at radius 2 is 1.93 bits per heavy atom. The summed E-state index contributed by atoms with van der Waals surface area (Å²) in [5.41, 5.74) is 1.94. The highest BCUT2D eigenvalue weighted by molar-refractivity contribution is 5.92. The smallest absolute Gasteiger partial charge is 0.247 e. The van der Waals surface area contributed by atoms with Gasteiger partial charge >= 0.3 is 0 Å². The maximum Gasteiger partial charge on any atom is 0.247 e. The zero-order chi connectivity index (χ0) is 30.0. The first-order valence-corrected chi connectivity index (χ1v) is 15.5. The van der Waals surface area contributed by atoms with E-state index >= 15 is 0 Å². The fourth-order valence-electron chi connectivity index (χ4n) is 7.34. The second-order valence-electron chi connectivity index (χ2n) is 13.1. The van der Waals surface area contributed by atoms with Crippen LogP contribution < -0.4 is 15.0 Å². The first-order chi connectivity index (χ1) is 21.4. The summed E-state index contributed by atoms with van der Waals surface area (Å²) in [5, 5.41) is 15.4. The number of nitrogens with zero attached hydrogens (tertiary/aromatic N) is 6. The van der Waals surface area contributed by atoms with E-state index in [1.165, 1.54) is 6.07 Å². The van der Waals surface area contributed by atoms with Crippen molar-refractivity contribution < 1.29 is 18.6 Å². The number of hydrogen-bond donors (Lipinski definition) is 2. The summed E-state index contributed by atoms with van der Waals surface area (Å²) < 4.78 is 37.0. The van der Waals surface area contributed by atoms with Gasteiger partial charge in [0.05, 0.1) is 25.0 Å². The molecule has 228 valence electrons. The molecule has 3 aliphatic heterocycles. The highest BCUT2D eigenvalue weighted by atomic mass is 19.1. The SMILES string of the molecule is C#Cc1c(F)ccc2cc(O)cc(Cn3cnc4c(OCC5(CN6CC[C@@H](F)C6)CC5)nc(N5C[C@H]6CC[C@@H](C5)N6)nc43)c12. The third kappa shape index (κ3) is 5.00. The zero-order valence-corrected chi connectivity index (χ0v) is 24.5.